The van der Waals surface area contributed by atoms with E-state index in [2.05, 4.69) is 26.0 Å². The number of anilines is 1. The molecule has 0 bridgehead atoms. The minimum atomic E-state index is -0.497. The summed E-state index contributed by atoms with van der Waals surface area (Å²) >= 11 is 10.8. The Bertz CT molecular complexity index is 1890. The van der Waals surface area contributed by atoms with Gasteiger partial charge in [0.05, 0.1) is 17.8 Å². The van der Waals surface area contributed by atoms with Crippen molar-refractivity contribution in [2.75, 3.05) is 4.90 Å². The number of hydrogen-bond acceptors (Lipinski definition) is 6. The van der Waals surface area contributed by atoms with Crippen molar-refractivity contribution in [2.45, 2.75) is 13.0 Å². The second kappa shape index (κ2) is 9.33. The van der Waals surface area contributed by atoms with Crippen molar-refractivity contribution in [3.8, 4) is 0 Å². The van der Waals surface area contributed by atoms with Gasteiger partial charge in [-0.05, 0) is 35.4 Å². The summed E-state index contributed by atoms with van der Waals surface area (Å²) in [5, 5.41) is 4.88. The lowest BCUT2D eigenvalue weighted by atomic mass is 10.1. The Labute approximate surface area is 227 Å². The van der Waals surface area contributed by atoms with Crippen molar-refractivity contribution in [3.05, 3.63) is 130 Å². The first-order chi connectivity index (χ1) is 17.9. The molecule has 3 aromatic carbocycles. The lowest BCUT2D eigenvalue weighted by Crippen LogP contribution is -2.33. The second-order valence-electron chi connectivity index (χ2n) is 8.48. The second-order valence-corrected chi connectivity index (χ2v) is 10.8. The standard InChI is InChI=1S/C27H16BrClN4O3S/c28-17-10-11-21-18(13-17)22(25(35)32(21)14-16-8-4-5-9-19(16)29)23-26(36)33-27(37-23)30-24(34)20(31-33)12-15-6-2-1-3-7-15/h1-11,13H,12,14H2. The number of hydrogen-bond donors (Lipinski definition) is 0. The van der Waals surface area contributed by atoms with Crippen molar-refractivity contribution < 1.29 is 4.79 Å². The first-order valence-corrected chi connectivity index (χ1v) is 13.3. The fourth-order valence-corrected chi connectivity index (χ4v) is 5.92. The molecule has 0 saturated heterocycles. The maximum atomic E-state index is 13.8. The highest BCUT2D eigenvalue weighted by Crippen LogP contribution is 2.38. The maximum Gasteiger partial charge on any atom is 0.296 e. The molecule has 1 amide bonds. The molecule has 10 heteroatoms. The summed E-state index contributed by atoms with van der Waals surface area (Å²) in [5.74, 6) is -0.330. The van der Waals surface area contributed by atoms with Crippen LogP contribution in [0.2, 0.25) is 5.02 Å². The van der Waals surface area contributed by atoms with E-state index in [-0.39, 0.29) is 39.6 Å². The molecule has 2 aromatic heterocycles. The number of amides is 1. The SMILES string of the molecule is O=C1C(=c2sc3nc(=O)c(Cc4ccccc4)nn3c2=O)c2cc(Br)ccc2N1Cc1ccccc1Cl. The van der Waals surface area contributed by atoms with Gasteiger partial charge in [0.15, 0.2) is 0 Å². The first-order valence-electron chi connectivity index (χ1n) is 11.3. The number of carbonyl (C=O) groups is 1. The van der Waals surface area contributed by atoms with Crippen molar-refractivity contribution in [1.29, 1.82) is 0 Å². The Balaban J connectivity index is 1.53. The number of benzene rings is 3. The third-order valence-corrected chi connectivity index (χ3v) is 8.02. The van der Waals surface area contributed by atoms with Gasteiger partial charge in [-0.2, -0.15) is 14.6 Å². The van der Waals surface area contributed by atoms with Crippen LogP contribution in [0.5, 0.6) is 0 Å². The van der Waals surface area contributed by atoms with E-state index in [1.165, 1.54) is 0 Å². The van der Waals surface area contributed by atoms with E-state index in [1.807, 2.05) is 66.7 Å². The number of carbonyl (C=O) groups excluding carboxylic acids is 1. The largest absolute Gasteiger partial charge is 0.303 e. The molecule has 7 nitrogen and oxygen atoms in total. The minimum Gasteiger partial charge on any atom is -0.303 e. The highest BCUT2D eigenvalue weighted by atomic mass is 79.9. The molecule has 5 aromatic rings. The Morgan fingerprint density at radius 1 is 0.946 bits per heavy atom. The molecule has 0 saturated carbocycles. The summed E-state index contributed by atoms with van der Waals surface area (Å²) in [4.78, 5) is 45.9. The highest BCUT2D eigenvalue weighted by Gasteiger charge is 2.35. The smallest absolute Gasteiger partial charge is 0.296 e. The van der Waals surface area contributed by atoms with Crippen LogP contribution in [0.1, 0.15) is 22.4 Å². The Morgan fingerprint density at radius 3 is 2.49 bits per heavy atom. The Morgan fingerprint density at radius 2 is 1.70 bits per heavy atom. The predicted octanol–water partition coefficient (Wildman–Crippen LogP) is 3.98. The van der Waals surface area contributed by atoms with Crippen LogP contribution in [-0.4, -0.2) is 20.5 Å². The van der Waals surface area contributed by atoms with E-state index >= 15 is 0 Å². The third-order valence-electron chi connectivity index (χ3n) is 6.13. The van der Waals surface area contributed by atoms with Gasteiger partial charge in [0.25, 0.3) is 17.0 Å². The van der Waals surface area contributed by atoms with Crippen molar-refractivity contribution >= 4 is 61.0 Å². The summed E-state index contributed by atoms with van der Waals surface area (Å²) < 4.78 is 2.07. The van der Waals surface area contributed by atoms with Gasteiger partial charge in [-0.3, -0.25) is 14.4 Å². The molecule has 0 aliphatic carbocycles. The Kier molecular flexibility index (Phi) is 5.98. The molecule has 1 aliphatic rings. The van der Waals surface area contributed by atoms with Crippen LogP contribution >= 0.6 is 38.9 Å². The molecule has 1 aliphatic heterocycles. The fourth-order valence-electron chi connectivity index (χ4n) is 4.37. The molecule has 0 fully saturated rings. The monoisotopic (exact) mass is 590 g/mol. The molecular weight excluding hydrogens is 576 g/mol. The predicted molar refractivity (Wildman–Crippen MR) is 147 cm³/mol. The molecule has 182 valence electrons. The number of halogens is 2. The van der Waals surface area contributed by atoms with Gasteiger partial charge < -0.3 is 4.90 Å². The number of nitrogens with zero attached hydrogens (tertiary/aromatic N) is 4. The molecule has 0 radical (unpaired) electrons. The number of fused-ring (bicyclic) bond motifs is 2. The third kappa shape index (κ3) is 4.19. The van der Waals surface area contributed by atoms with Gasteiger partial charge in [0.1, 0.15) is 10.2 Å². The average molecular weight is 592 g/mol. The van der Waals surface area contributed by atoms with Crippen LogP contribution < -0.4 is 20.6 Å². The van der Waals surface area contributed by atoms with Crippen molar-refractivity contribution in [2.24, 2.45) is 0 Å². The van der Waals surface area contributed by atoms with Crippen LogP contribution in [0.4, 0.5) is 5.69 Å². The van der Waals surface area contributed by atoms with Crippen molar-refractivity contribution in [3.63, 3.8) is 0 Å². The van der Waals surface area contributed by atoms with E-state index in [0.717, 1.165) is 31.5 Å². The molecule has 0 N–H and O–H groups in total. The summed E-state index contributed by atoms with van der Waals surface area (Å²) in [6, 6.07) is 22.2. The normalized spacial score (nSPS) is 14.4. The number of rotatable bonds is 4. The summed E-state index contributed by atoms with van der Waals surface area (Å²) in [6.45, 7) is 0.241. The zero-order chi connectivity index (χ0) is 25.7. The quantitative estimate of drug-likeness (QED) is 0.316. The molecule has 37 heavy (non-hydrogen) atoms. The fraction of sp³-hybridized carbons (Fsp3) is 0.0741. The van der Waals surface area contributed by atoms with E-state index in [0.29, 0.717) is 16.3 Å². The summed E-state index contributed by atoms with van der Waals surface area (Å²) in [6.07, 6.45) is 0.247. The molecule has 0 unspecified atom stereocenters. The highest BCUT2D eigenvalue weighted by molar-refractivity contribution is 9.10. The zero-order valence-corrected chi connectivity index (χ0v) is 22.2. The van der Waals surface area contributed by atoms with Gasteiger partial charge >= 0.3 is 0 Å². The molecule has 0 spiro atoms. The molecule has 0 atom stereocenters. The number of aromatic nitrogens is 3. The summed E-state index contributed by atoms with van der Waals surface area (Å²) in [7, 11) is 0. The Hall–Kier alpha value is -3.66. The minimum absolute atomic E-state index is 0.142. The molecule has 3 heterocycles. The van der Waals surface area contributed by atoms with Gasteiger partial charge in [0, 0.05) is 21.5 Å². The zero-order valence-electron chi connectivity index (χ0n) is 19.0. The van der Waals surface area contributed by atoms with E-state index < -0.39 is 11.1 Å². The van der Waals surface area contributed by atoms with Gasteiger partial charge in [0.2, 0.25) is 4.96 Å². The van der Waals surface area contributed by atoms with E-state index in [1.54, 1.807) is 11.0 Å². The van der Waals surface area contributed by atoms with E-state index in [9.17, 15) is 14.4 Å². The molecule has 6 rings (SSSR count). The summed E-state index contributed by atoms with van der Waals surface area (Å²) in [5.41, 5.74) is 2.37. The number of thiazole rings is 1. The average Bonchev–Trinajstić information content (AvgIpc) is 3.33. The van der Waals surface area contributed by atoms with Crippen LogP contribution in [0.15, 0.2) is 86.9 Å². The maximum absolute atomic E-state index is 13.8. The van der Waals surface area contributed by atoms with Gasteiger partial charge in [-0.25, -0.2) is 0 Å². The van der Waals surface area contributed by atoms with E-state index in [4.69, 9.17) is 11.6 Å². The van der Waals surface area contributed by atoms with Gasteiger partial charge in [-0.1, -0.05) is 87.4 Å². The first kappa shape index (κ1) is 23.7. The van der Waals surface area contributed by atoms with Crippen LogP contribution in [-0.2, 0) is 17.8 Å². The lowest BCUT2D eigenvalue weighted by Gasteiger charge is -2.18. The van der Waals surface area contributed by atoms with Crippen LogP contribution in [0.3, 0.4) is 0 Å². The van der Waals surface area contributed by atoms with Crippen molar-refractivity contribution in [1.82, 2.24) is 14.6 Å². The van der Waals surface area contributed by atoms with Gasteiger partial charge in [-0.15, -0.1) is 0 Å². The molecular formula is C27H16BrClN4O3S. The topological polar surface area (TPSA) is 84.6 Å². The van der Waals surface area contributed by atoms with Crippen LogP contribution in [0.25, 0.3) is 10.5 Å². The lowest BCUT2D eigenvalue weighted by molar-refractivity contribution is -0.113. The van der Waals surface area contributed by atoms with Crippen LogP contribution in [0, 0.1) is 0 Å².